The fraction of sp³-hybridized carbons (Fsp3) is 1.00. The van der Waals surface area contributed by atoms with Gasteiger partial charge in [-0.15, -0.1) is 0 Å². The molecule has 0 aromatic heterocycles. The highest BCUT2D eigenvalue weighted by Gasteiger charge is 2.30. The zero-order valence-electron chi connectivity index (χ0n) is 7.89. The maximum Gasteiger partial charge on any atom is 0.147 e. The Kier molecular flexibility index (Phi) is 2.55. The molecule has 1 aliphatic heterocycles. The number of ether oxygens (including phenoxy) is 2. The second kappa shape index (κ2) is 3.11. The summed E-state index contributed by atoms with van der Waals surface area (Å²) in [5.41, 5.74) is 0.248. The molecule has 2 nitrogen and oxygen atoms in total. The molecule has 0 bridgehead atoms. The van der Waals surface area contributed by atoms with Gasteiger partial charge < -0.3 is 9.47 Å². The van der Waals surface area contributed by atoms with E-state index in [-0.39, 0.29) is 5.41 Å². The minimum absolute atomic E-state index is 0.248. The predicted molar refractivity (Wildman–Crippen MR) is 44.4 cm³/mol. The largest absolute Gasteiger partial charge is 0.352 e. The van der Waals surface area contributed by atoms with Crippen molar-refractivity contribution in [3.05, 3.63) is 0 Å². The van der Waals surface area contributed by atoms with Crippen molar-refractivity contribution < 1.29 is 9.47 Å². The Morgan fingerprint density at radius 1 is 1.18 bits per heavy atom. The maximum atomic E-state index is 5.49. The molecule has 11 heavy (non-hydrogen) atoms. The van der Waals surface area contributed by atoms with E-state index >= 15 is 0 Å². The molecule has 0 aromatic rings. The molecule has 66 valence electrons. The minimum Gasteiger partial charge on any atom is -0.352 e. The summed E-state index contributed by atoms with van der Waals surface area (Å²) >= 11 is 0. The highest BCUT2D eigenvalue weighted by Crippen LogP contribution is 2.28. The maximum absolute atomic E-state index is 5.49. The van der Waals surface area contributed by atoms with Crippen molar-refractivity contribution in [2.24, 2.45) is 5.41 Å². The molecule has 2 atom stereocenters. The van der Waals surface area contributed by atoms with E-state index in [1.807, 2.05) is 0 Å². The van der Waals surface area contributed by atoms with Gasteiger partial charge in [-0.2, -0.15) is 0 Å². The molecule has 2 unspecified atom stereocenters. The predicted octanol–water partition coefficient (Wildman–Crippen LogP) is 2.18. The van der Waals surface area contributed by atoms with Crippen LogP contribution in [0.4, 0.5) is 0 Å². The van der Waals surface area contributed by atoms with Crippen LogP contribution in [-0.2, 0) is 9.47 Å². The van der Waals surface area contributed by atoms with Crippen LogP contribution in [0.15, 0.2) is 0 Å². The van der Waals surface area contributed by atoms with Crippen molar-refractivity contribution in [1.82, 2.24) is 0 Å². The molecule has 2 heteroatoms. The first-order chi connectivity index (χ1) is 5.00. The van der Waals surface area contributed by atoms with Crippen molar-refractivity contribution in [2.75, 3.05) is 6.79 Å². The summed E-state index contributed by atoms with van der Waals surface area (Å²) in [4.78, 5) is 0. The Morgan fingerprint density at radius 2 is 1.82 bits per heavy atom. The Balaban J connectivity index is 2.46. The van der Waals surface area contributed by atoms with Gasteiger partial charge in [0.25, 0.3) is 0 Å². The van der Waals surface area contributed by atoms with Crippen LogP contribution in [0.1, 0.15) is 34.1 Å². The van der Waals surface area contributed by atoms with E-state index in [1.165, 1.54) is 0 Å². The van der Waals surface area contributed by atoms with Crippen molar-refractivity contribution in [2.45, 2.75) is 46.3 Å². The third kappa shape index (κ3) is 2.46. The first-order valence-corrected chi connectivity index (χ1v) is 4.23. The van der Waals surface area contributed by atoms with Crippen LogP contribution in [0.5, 0.6) is 0 Å². The van der Waals surface area contributed by atoms with Gasteiger partial charge in [-0.3, -0.25) is 0 Å². The van der Waals surface area contributed by atoms with Gasteiger partial charge in [-0.05, 0) is 12.3 Å². The lowest BCUT2D eigenvalue weighted by atomic mass is 9.85. The summed E-state index contributed by atoms with van der Waals surface area (Å²) in [6.07, 6.45) is 1.72. The van der Waals surface area contributed by atoms with Crippen LogP contribution in [0.2, 0.25) is 0 Å². The van der Waals surface area contributed by atoms with E-state index in [0.29, 0.717) is 19.0 Å². The average Bonchev–Trinajstić information content (AvgIpc) is 1.86. The molecule has 0 radical (unpaired) electrons. The van der Waals surface area contributed by atoms with Crippen LogP contribution < -0.4 is 0 Å². The minimum atomic E-state index is 0.248. The van der Waals surface area contributed by atoms with Crippen molar-refractivity contribution >= 4 is 0 Å². The van der Waals surface area contributed by atoms with Crippen LogP contribution in [0.3, 0.4) is 0 Å². The van der Waals surface area contributed by atoms with Crippen molar-refractivity contribution in [3.8, 4) is 0 Å². The van der Waals surface area contributed by atoms with E-state index in [0.717, 1.165) is 6.42 Å². The second-order valence-corrected chi connectivity index (χ2v) is 4.35. The van der Waals surface area contributed by atoms with Crippen LogP contribution in [-0.4, -0.2) is 19.0 Å². The molecule has 1 heterocycles. The topological polar surface area (TPSA) is 18.5 Å². The first-order valence-electron chi connectivity index (χ1n) is 4.23. The van der Waals surface area contributed by atoms with Gasteiger partial charge >= 0.3 is 0 Å². The van der Waals surface area contributed by atoms with Crippen molar-refractivity contribution in [3.63, 3.8) is 0 Å². The van der Waals surface area contributed by atoms with E-state index in [1.54, 1.807) is 0 Å². The van der Waals surface area contributed by atoms with Gasteiger partial charge in [0.15, 0.2) is 0 Å². The van der Waals surface area contributed by atoms with E-state index in [9.17, 15) is 0 Å². The first kappa shape index (κ1) is 9.01. The van der Waals surface area contributed by atoms with Gasteiger partial charge in [0, 0.05) is 6.42 Å². The fourth-order valence-electron chi connectivity index (χ4n) is 1.28. The zero-order valence-corrected chi connectivity index (χ0v) is 7.89. The molecule has 0 N–H and O–H groups in total. The van der Waals surface area contributed by atoms with Gasteiger partial charge in [-0.25, -0.2) is 0 Å². The lowest BCUT2D eigenvalue weighted by Crippen LogP contribution is -2.38. The lowest BCUT2D eigenvalue weighted by molar-refractivity contribution is -0.195. The molecular weight excluding hydrogens is 140 g/mol. The van der Waals surface area contributed by atoms with E-state index in [4.69, 9.17) is 9.47 Å². The quantitative estimate of drug-likeness (QED) is 0.538. The third-order valence-corrected chi connectivity index (χ3v) is 2.13. The second-order valence-electron chi connectivity index (χ2n) is 4.35. The molecule has 1 aliphatic rings. The monoisotopic (exact) mass is 158 g/mol. The SMILES string of the molecule is CC1CC(C(C)(C)C)OCO1. The van der Waals surface area contributed by atoms with Gasteiger partial charge in [-0.1, -0.05) is 20.8 Å². The number of rotatable bonds is 0. The Bertz CT molecular complexity index is 126. The molecule has 1 fully saturated rings. The highest BCUT2D eigenvalue weighted by atomic mass is 16.7. The Morgan fingerprint density at radius 3 is 2.18 bits per heavy atom. The summed E-state index contributed by atoms with van der Waals surface area (Å²) in [7, 11) is 0. The zero-order chi connectivity index (χ0) is 8.48. The molecule has 1 saturated heterocycles. The Hall–Kier alpha value is -0.0800. The Labute approximate surface area is 68.9 Å². The summed E-state index contributed by atoms with van der Waals surface area (Å²) in [6.45, 7) is 9.17. The average molecular weight is 158 g/mol. The van der Waals surface area contributed by atoms with Crippen LogP contribution >= 0.6 is 0 Å². The van der Waals surface area contributed by atoms with Gasteiger partial charge in [0.2, 0.25) is 0 Å². The lowest BCUT2D eigenvalue weighted by Gasteiger charge is -2.36. The summed E-state index contributed by atoms with van der Waals surface area (Å²) in [5, 5.41) is 0. The van der Waals surface area contributed by atoms with Crippen molar-refractivity contribution in [1.29, 1.82) is 0 Å². The highest BCUT2D eigenvalue weighted by molar-refractivity contribution is 4.78. The summed E-state index contributed by atoms with van der Waals surface area (Å²) in [5.74, 6) is 0. The smallest absolute Gasteiger partial charge is 0.147 e. The molecule has 1 rings (SSSR count). The van der Waals surface area contributed by atoms with E-state index < -0.39 is 0 Å². The molecule has 0 aromatic carbocycles. The third-order valence-electron chi connectivity index (χ3n) is 2.13. The molecule has 0 saturated carbocycles. The summed E-state index contributed by atoms with van der Waals surface area (Å²) in [6, 6.07) is 0. The van der Waals surface area contributed by atoms with Gasteiger partial charge in [0.1, 0.15) is 6.79 Å². The van der Waals surface area contributed by atoms with Gasteiger partial charge in [0.05, 0.1) is 12.2 Å². The standard InChI is InChI=1S/C9H18O2/c1-7-5-8(9(2,3)4)11-6-10-7/h7-8H,5-6H2,1-4H3. The molecule has 0 amide bonds. The fourth-order valence-corrected chi connectivity index (χ4v) is 1.28. The number of hydrogen-bond donors (Lipinski definition) is 0. The molecule has 0 spiro atoms. The van der Waals surface area contributed by atoms with Crippen LogP contribution in [0.25, 0.3) is 0 Å². The van der Waals surface area contributed by atoms with E-state index in [2.05, 4.69) is 27.7 Å². The molecule has 0 aliphatic carbocycles. The van der Waals surface area contributed by atoms with Crippen LogP contribution in [0, 0.1) is 5.41 Å². The molecular formula is C9H18O2. The normalized spacial score (nSPS) is 33.8. The summed E-state index contributed by atoms with van der Waals surface area (Å²) < 4.78 is 10.8. The number of hydrogen-bond acceptors (Lipinski definition) is 2.